The van der Waals surface area contributed by atoms with Crippen LogP contribution < -0.4 is 0 Å². The first-order chi connectivity index (χ1) is 8.04. The monoisotopic (exact) mass is 234 g/mol. The Hall–Kier alpha value is -1.64. The molecular weight excluding hydrogens is 216 g/mol. The van der Waals surface area contributed by atoms with Crippen molar-refractivity contribution in [1.29, 1.82) is 0 Å². The van der Waals surface area contributed by atoms with Gasteiger partial charge in [-0.25, -0.2) is 4.79 Å². The second-order valence-electron chi connectivity index (χ2n) is 4.60. The van der Waals surface area contributed by atoms with Crippen LogP contribution in [0.3, 0.4) is 0 Å². The maximum absolute atomic E-state index is 11.1. The van der Waals surface area contributed by atoms with Gasteiger partial charge in [-0.2, -0.15) is 0 Å². The summed E-state index contributed by atoms with van der Waals surface area (Å²) in [6.45, 7) is 4.20. The Bertz CT molecular complexity index is 408. The highest BCUT2D eigenvalue weighted by Crippen LogP contribution is 2.16. The van der Waals surface area contributed by atoms with E-state index in [-0.39, 0.29) is 0 Å². The number of carbonyl (C=O) groups excluding carboxylic acids is 1. The Kier molecular flexibility index (Phi) is 4.88. The fourth-order valence-corrected chi connectivity index (χ4v) is 1.85. The molecule has 1 aromatic carbocycles. The van der Waals surface area contributed by atoms with E-state index < -0.39 is 5.97 Å². The van der Waals surface area contributed by atoms with Crippen LogP contribution in [0.4, 0.5) is 0 Å². The van der Waals surface area contributed by atoms with Crippen LogP contribution in [0.25, 0.3) is 0 Å². The molecule has 1 N–H and O–H groups in total. The Labute approximate surface area is 101 Å². The third kappa shape index (κ3) is 4.02. The van der Waals surface area contributed by atoms with Crippen molar-refractivity contribution in [3.63, 3.8) is 0 Å². The standard InChI is InChI=1S/C14H18O3/c1-10(2)8-11-5-6-12(4-3-7-15)13(9-11)14(16)17/h5-7,9-10H,3-4,8H2,1-2H3,(H,16,17). The predicted octanol–water partition coefficient (Wildman–Crippen LogP) is 2.71. The van der Waals surface area contributed by atoms with E-state index >= 15 is 0 Å². The van der Waals surface area contributed by atoms with Crippen molar-refractivity contribution in [1.82, 2.24) is 0 Å². The molecule has 1 rings (SSSR count). The van der Waals surface area contributed by atoms with Gasteiger partial charge in [0.1, 0.15) is 6.29 Å². The van der Waals surface area contributed by atoms with E-state index in [0.29, 0.717) is 24.3 Å². The minimum atomic E-state index is -0.920. The van der Waals surface area contributed by atoms with E-state index in [0.717, 1.165) is 23.8 Å². The zero-order valence-electron chi connectivity index (χ0n) is 10.3. The van der Waals surface area contributed by atoms with Gasteiger partial charge in [-0.3, -0.25) is 0 Å². The summed E-state index contributed by atoms with van der Waals surface area (Å²) in [5, 5.41) is 9.14. The molecule has 92 valence electrons. The van der Waals surface area contributed by atoms with Crippen LogP contribution in [-0.2, 0) is 17.6 Å². The summed E-state index contributed by atoms with van der Waals surface area (Å²) in [5.41, 5.74) is 2.09. The van der Waals surface area contributed by atoms with Gasteiger partial charge in [-0.1, -0.05) is 26.0 Å². The maximum atomic E-state index is 11.1. The molecule has 0 spiro atoms. The molecule has 0 heterocycles. The van der Waals surface area contributed by atoms with Crippen molar-refractivity contribution in [3.05, 3.63) is 34.9 Å². The highest BCUT2D eigenvalue weighted by atomic mass is 16.4. The van der Waals surface area contributed by atoms with Crippen LogP contribution in [0.2, 0.25) is 0 Å². The molecule has 0 aliphatic carbocycles. The molecule has 0 atom stereocenters. The number of carbonyl (C=O) groups is 2. The smallest absolute Gasteiger partial charge is 0.335 e. The number of carboxylic acids is 1. The molecule has 0 amide bonds. The van der Waals surface area contributed by atoms with Crippen LogP contribution in [0.5, 0.6) is 0 Å². The summed E-state index contributed by atoms with van der Waals surface area (Å²) in [6.07, 6.45) is 2.54. The lowest BCUT2D eigenvalue weighted by molar-refractivity contribution is -0.107. The molecule has 3 heteroatoms. The van der Waals surface area contributed by atoms with Gasteiger partial charge < -0.3 is 9.90 Å². The van der Waals surface area contributed by atoms with E-state index in [2.05, 4.69) is 13.8 Å². The predicted molar refractivity (Wildman–Crippen MR) is 66.3 cm³/mol. The van der Waals surface area contributed by atoms with Crippen molar-refractivity contribution in [3.8, 4) is 0 Å². The summed E-state index contributed by atoms with van der Waals surface area (Å²) in [4.78, 5) is 21.5. The van der Waals surface area contributed by atoms with Crippen molar-refractivity contribution in [2.75, 3.05) is 0 Å². The van der Waals surface area contributed by atoms with Crippen molar-refractivity contribution >= 4 is 12.3 Å². The molecule has 3 nitrogen and oxygen atoms in total. The van der Waals surface area contributed by atoms with Gasteiger partial charge in [0.25, 0.3) is 0 Å². The van der Waals surface area contributed by atoms with Gasteiger partial charge in [0.15, 0.2) is 0 Å². The van der Waals surface area contributed by atoms with Gasteiger partial charge in [0, 0.05) is 6.42 Å². The SMILES string of the molecule is CC(C)Cc1ccc(CCC=O)c(C(=O)O)c1. The number of aldehydes is 1. The molecule has 0 radical (unpaired) electrons. The van der Waals surface area contributed by atoms with Gasteiger partial charge in [-0.05, 0) is 36.0 Å². The van der Waals surface area contributed by atoms with Gasteiger partial charge in [0.05, 0.1) is 5.56 Å². The lowest BCUT2D eigenvalue weighted by Crippen LogP contribution is -2.05. The first-order valence-electron chi connectivity index (χ1n) is 5.83. The third-order valence-electron chi connectivity index (χ3n) is 2.58. The van der Waals surface area contributed by atoms with Crippen LogP contribution in [0.15, 0.2) is 18.2 Å². The van der Waals surface area contributed by atoms with E-state index in [1.807, 2.05) is 12.1 Å². The molecule has 0 fully saturated rings. The average Bonchev–Trinajstić information content (AvgIpc) is 2.26. The number of rotatable bonds is 6. The molecule has 1 aromatic rings. The Morgan fingerprint density at radius 3 is 2.65 bits per heavy atom. The highest BCUT2D eigenvalue weighted by Gasteiger charge is 2.11. The number of aromatic carboxylic acids is 1. The minimum absolute atomic E-state index is 0.324. The molecule has 0 saturated carbocycles. The largest absolute Gasteiger partial charge is 0.478 e. The van der Waals surface area contributed by atoms with Crippen LogP contribution in [0, 0.1) is 5.92 Å². The molecule has 0 bridgehead atoms. The zero-order valence-corrected chi connectivity index (χ0v) is 10.3. The summed E-state index contributed by atoms with van der Waals surface area (Å²) < 4.78 is 0. The fraction of sp³-hybridized carbons (Fsp3) is 0.429. The Morgan fingerprint density at radius 2 is 2.12 bits per heavy atom. The maximum Gasteiger partial charge on any atom is 0.335 e. The quantitative estimate of drug-likeness (QED) is 0.770. The lowest BCUT2D eigenvalue weighted by atomic mass is 9.96. The number of benzene rings is 1. The van der Waals surface area contributed by atoms with E-state index in [1.165, 1.54) is 0 Å². The summed E-state index contributed by atoms with van der Waals surface area (Å²) in [7, 11) is 0. The summed E-state index contributed by atoms with van der Waals surface area (Å²) in [5.74, 6) is -0.422. The van der Waals surface area contributed by atoms with Crippen LogP contribution >= 0.6 is 0 Å². The molecular formula is C14H18O3. The summed E-state index contributed by atoms with van der Waals surface area (Å²) in [6, 6.07) is 5.50. The Balaban J connectivity index is 2.99. The summed E-state index contributed by atoms with van der Waals surface area (Å²) >= 11 is 0. The molecule has 0 aliphatic rings. The van der Waals surface area contributed by atoms with Crippen molar-refractivity contribution in [2.24, 2.45) is 5.92 Å². The van der Waals surface area contributed by atoms with E-state index in [1.54, 1.807) is 6.07 Å². The zero-order chi connectivity index (χ0) is 12.8. The lowest BCUT2D eigenvalue weighted by Gasteiger charge is -2.09. The second-order valence-corrected chi connectivity index (χ2v) is 4.60. The molecule has 17 heavy (non-hydrogen) atoms. The minimum Gasteiger partial charge on any atom is -0.478 e. The fourth-order valence-electron chi connectivity index (χ4n) is 1.85. The van der Waals surface area contributed by atoms with Gasteiger partial charge in [0.2, 0.25) is 0 Å². The van der Waals surface area contributed by atoms with E-state index in [9.17, 15) is 9.59 Å². The van der Waals surface area contributed by atoms with Crippen LogP contribution in [0.1, 0.15) is 41.8 Å². The van der Waals surface area contributed by atoms with Crippen LogP contribution in [-0.4, -0.2) is 17.4 Å². The Morgan fingerprint density at radius 1 is 1.41 bits per heavy atom. The third-order valence-corrected chi connectivity index (χ3v) is 2.58. The van der Waals surface area contributed by atoms with E-state index in [4.69, 9.17) is 5.11 Å². The topological polar surface area (TPSA) is 54.4 Å². The number of carboxylic acid groups (broad SMARTS) is 1. The van der Waals surface area contributed by atoms with Gasteiger partial charge in [-0.15, -0.1) is 0 Å². The molecule has 0 aromatic heterocycles. The first-order valence-corrected chi connectivity index (χ1v) is 5.83. The molecule has 0 unspecified atom stereocenters. The number of hydrogen-bond donors (Lipinski definition) is 1. The number of aryl methyl sites for hydroxylation is 1. The molecule has 0 saturated heterocycles. The average molecular weight is 234 g/mol. The second kappa shape index (κ2) is 6.18. The first kappa shape index (κ1) is 13.4. The van der Waals surface area contributed by atoms with Crippen molar-refractivity contribution in [2.45, 2.75) is 33.1 Å². The molecule has 0 aliphatic heterocycles. The normalized spacial score (nSPS) is 10.5. The van der Waals surface area contributed by atoms with Crippen molar-refractivity contribution < 1.29 is 14.7 Å². The number of hydrogen-bond acceptors (Lipinski definition) is 2. The van der Waals surface area contributed by atoms with Gasteiger partial charge >= 0.3 is 5.97 Å². The highest BCUT2D eigenvalue weighted by molar-refractivity contribution is 5.89.